The zero-order valence-corrected chi connectivity index (χ0v) is 13.4. The van der Waals surface area contributed by atoms with Crippen LogP contribution in [0.5, 0.6) is 0 Å². The predicted octanol–water partition coefficient (Wildman–Crippen LogP) is 4.43. The van der Waals surface area contributed by atoms with E-state index in [1.807, 2.05) is 11.3 Å². The Hall–Kier alpha value is -0.900. The van der Waals surface area contributed by atoms with Gasteiger partial charge in [0.2, 0.25) is 0 Å². The molecular weight excluding hydrogens is 288 g/mol. The molecule has 1 aliphatic heterocycles. The summed E-state index contributed by atoms with van der Waals surface area (Å²) in [4.78, 5) is 7.39. The maximum absolute atomic E-state index is 4.86. The zero-order chi connectivity index (χ0) is 13.1. The van der Waals surface area contributed by atoms with Crippen LogP contribution in [0.4, 0.5) is 0 Å². The second-order valence-corrected chi connectivity index (χ2v) is 6.04. The summed E-state index contributed by atoms with van der Waals surface area (Å²) in [5, 5.41) is 3.53. The molecule has 1 aromatic carbocycles. The Labute approximate surface area is 131 Å². The summed E-state index contributed by atoms with van der Waals surface area (Å²) < 4.78 is 0. The second kappa shape index (κ2) is 7.21. The molecule has 3 rings (SSSR count). The molecule has 0 amide bonds. The molecule has 2 heterocycles. The summed E-state index contributed by atoms with van der Waals surface area (Å²) in [5.74, 6) is 0.672. The van der Waals surface area contributed by atoms with Gasteiger partial charge in [0.1, 0.15) is 0 Å². The smallest absolute Gasteiger partial charge is 0.0964 e. The van der Waals surface area contributed by atoms with Crippen LogP contribution < -0.4 is 0 Å². The number of benzene rings is 1. The Morgan fingerprint density at radius 2 is 1.90 bits per heavy atom. The Morgan fingerprint density at radius 3 is 2.55 bits per heavy atom. The molecule has 0 saturated carbocycles. The first-order chi connectivity index (χ1) is 9.36. The summed E-state index contributed by atoms with van der Waals surface area (Å²) in [5.41, 5.74) is 2.37. The molecule has 0 unspecified atom stereocenters. The van der Waals surface area contributed by atoms with E-state index in [2.05, 4.69) is 47.5 Å². The first-order valence-electron chi connectivity index (χ1n) is 7.10. The number of nitrogens with zero attached hydrogens (tertiary/aromatic N) is 2. The van der Waals surface area contributed by atoms with E-state index in [4.69, 9.17) is 4.98 Å². The van der Waals surface area contributed by atoms with E-state index in [0.29, 0.717) is 5.92 Å². The van der Waals surface area contributed by atoms with Crippen LogP contribution in [0.2, 0.25) is 0 Å². The van der Waals surface area contributed by atoms with Crippen molar-refractivity contribution in [3.8, 4) is 11.3 Å². The fourth-order valence-corrected chi connectivity index (χ4v) is 3.71. The molecule has 0 bridgehead atoms. The van der Waals surface area contributed by atoms with Gasteiger partial charge in [-0.1, -0.05) is 37.3 Å². The van der Waals surface area contributed by atoms with Crippen LogP contribution in [0.15, 0.2) is 35.7 Å². The molecule has 1 aromatic heterocycles. The van der Waals surface area contributed by atoms with Gasteiger partial charge in [0.15, 0.2) is 0 Å². The molecule has 2 aromatic rings. The molecule has 0 N–H and O–H groups in total. The number of likely N-dealkylation sites (tertiary alicyclic amines) is 1. The number of hydrogen-bond donors (Lipinski definition) is 0. The lowest BCUT2D eigenvalue weighted by Crippen LogP contribution is -2.32. The molecular formula is C16H21ClN2S. The van der Waals surface area contributed by atoms with Gasteiger partial charge in [-0.15, -0.1) is 23.7 Å². The number of thiazole rings is 1. The number of piperidine rings is 1. The highest BCUT2D eigenvalue weighted by Gasteiger charge is 2.22. The van der Waals surface area contributed by atoms with Gasteiger partial charge in [0.25, 0.3) is 0 Å². The minimum atomic E-state index is 0. The van der Waals surface area contributed by atoms with Crippen molar-refractivity contribution in [2.75, 3.05) is 19.6 Å². The molecule has 1 aliphatic rings. The van der Waals surface area contributed by atoms with Crippen molar-refractivity contribution in [1.29, 1.82) is 0 Å². The Morgan fingerprint density at radius 1 is 1.20 bits per heavy atom. The lowest BCUT2D eigenvalue weighted by Gasteiger charge is -2.29. The maximum Gasteiger partial charge on any atom is 0.0964 e. The largest absolute Gasteiger partial charge is 0.304 e. The minimum absolute atomic E-state index is 0. The number of aromatic nitrogens is 1. The first-order valence-corrected chi connectivity index (χ1v) is 7.98. The van der Waals surface area contributed by atoms with Crippen molar-refractivity contribution in [2.24, 2.45) is 0 Å². The maximum atomic E-state index is 4.86. The van der Waals surface area contributed by atoms with Crippen molar-refractivity contribution in [2.45, 2.75) is 25.7 Å². The zero-order valence-electron chi connectivity index (χ0n) is 11.8. The third-order valence-corrected chi connectivity index (χ3v) is 4.98. The molecule has 0 atom stereocenters. The summed E-state index contributed by atoms with van der Waals surface area (Å²) in [6.07, 6.45) is 2.52. The molecule has 108 valence electrons. The van der Waals surface area contributed by atoms with Crippen LogP contribution in [-0.4, -0.2) is 29.5 Å². The van der Waals surface area contributed by atoms with E-state index < -0.39 is 0 Å². The van der Waals surface area contributed by atoms with Crippen molar-refractivity contribution < 1.29 is 0 Å². The molecule has 1 fully saturated rings. The Bertz CT molecular complexity index is 518. The van der Waals surface area contributed by atoms with E-state index in [9.17, 15) is 0 Å². The van der Waals surface area contributed by atoms with Gasteiger partial charge < -0.3 is 4.90 Å². The van der Waals surface area contributed by atoms with Crippen LogP contribution in [0.25, 0.3) is 11.3 Å². The number of hydrogen-bond acceptors (Lipinski definition) is 3. The lowest BCUT2D eigenvalue weighted by atomic mass is 9.97. The van der Waals surface area contributed by atoms with Gasteiger partial charge in [-0.25, -0.2) is 4.98 Å². The monoisotopic (exact) mass is 308 g/mol. The van der Waals surface area contributed by atoms with E-state index in [-0.39, 0.29) is 12.4 Å². The van der Waals surface area contributed by atoms with Crippen LogP contribution in [0.1, 0.15) is 30.7 Å². The molecule has 1 saturated heterocycles. The predicted molar refractivity (Wildman–Crippen MR) is 88.9 cm³/mol. The van der Waals surface area contributed by atoms with Crippen LogP contribution >= 0.6 is 23.7 Å². The van der Waals surface area contributed by atoms with Gasteiger partial charge >= 0.3 is 0 Å². The first kappa shape index (κ1) is 15.5. The van der Waals surface area contributed by atoms with Gasteiger partial charge in [0.05, 0.1) is 10.7 Å². The average Bonchev–Trinajstić information content (AvgIpc) is 2.98. The van der Waals surface area contributed by atoms with Gasteiger partial charge in [-0.2, -0.15) is 0 Å². The van der Waals surface area contributed by atoms with Crippen molar-refractivity contribution in [3.63, 3.8) is 0 Å². The van der Waals surface area contributed by atoms with Crippen LogP contribution in [-0.2, 0) is 0 Å². The summed E-state index contributed by atoms with van der Waals surface area (Å²) in [7, 11) is 0. The lowest BCUT2D eigenvalue weighted by molar-refractivity contribution is 0.222. The summed E-state index contributed by atoms with van der Waals surface area (Å²) >= 11 is 1.83. The molecule has 2 nitrogen and oxygen atoms in total. The fourth-order valence-electron chi connectivity index (χ4n) is 2.71. The normalized spacial score (nSPS) is 16.9. The fraction of sp³-hybridized carbons (Fsp3) is 0.438. The third-order valence-electron chi connectivity index (χ3n) is 3.98. The highest BCUT2D eigenvalue weighted by Crippen LogP contribution is 2.32. The molecule has 4 heteroatoms. The van der Waals surface area contributed by atoms with E-state index in [0.717, 1.165) is 5.69 Å². The van der Waals surface area contributed by atoms with E-state index in [1.165, 1.54) is 43.0 Å². The number of halogens is 1. The number of rotatable bonds is 3. The highest BCUT2D eigenvalue weighted by molar-refractivity contribution is 7.10. The summed E-state index contributed by atoms with van der Waals surface area (Å²) in [6, 6.07) is 10.5. The highest BCUT2D eigenvalue weighted by atomic mass is 35.5. The standard InChI is InChI=1S/C16H20N2S.ClH/c1-2-18-10-8-14(9-11-18)16-17-15(12-19-16)13-6-4-3-5-7-13;/h3-7,12,14H,2,8-11H2,1H3;1H. The van der Waals surface area contributed by atoms with Crippen LogP contribution in [0.3, 0.4) is 0 Å². The molecule has 20 heavy (non-hydrogen) atoms. The van der Waals surface area contributed by atoms with Crippen molar-refractivity contribution in [3.05, 3.63) is 40.7 Å². The molecule has 0 radical (unpaired) electrons. The SMILES string of the molecule is CCN1CCC(c2nc(-c3ccccc3)cs2)CC1.Cl. The Balaban J connectivity index is 0.00000147. The quantitative estimate of drug-likeness (QED) is 0.834. The topological polar surface area (TPSA) is 16.1 Å². The Kier molecular flexibility index (Phi) is 5.58. The molecule has 0 aliphatic carbocycles. The second-order valence-electron chi connectivity index (χ2n) is 5.15. The summed E-state index contributed by atoms with van der Waals surface area (Å²) in [6.45, 7) is 5.87. The minimum Gasteiger partial charge on any atom is -0.304 e. The molecule has 0 spiro atoms. The van der Waals surface area contributed by atoms with Crippen molar-refractivity contribution >= 4 is 23.7 Å². The average molecular weight is 309 g/mol. The van der Waals surface area contributed by atoms with Crippen LogP contribution in [0, 0.1) is 0 Å². The third kappa shape index (κ3) is 3.40. The van der Waals surface area contributed by atoms with Gasteiger partial charge in [0, 0.05) is 16.9 Å². The van der Waals surface area contributed by atoms with E-state index in [1.54, 1.807) is 0 Å². The van der Waals surface area contributed by atoms with Gasteiger partial charge in [-0.3, -0.25) is 0 Å². The van der Waals surface area contributed by atoms with E-state index >= 15 is 0 Å². The van der Waals surface area contributed by atoms with Gasteiger partial charge in [-0.05, 0) is 32.5 Å². The van der Waals surface area contributed by atoms with Crippen molar-refractivity contribution in [1.82, 2.24) is 9.88 Å².